The molecule has 0 aliphatic carbocycles. The number of methoxy groups -OCH3 is 1. The minimum Gasteiger partial charge on any atom is -0.379 e. The van der Waals surface area contributed by atoms with Gasteiger partial charge in [0.25, 0.3) is 0 Å². The molecule has 1 rings (SSSR count). The molecule has 18 heavy (non-hydrogen) atoms. The largest absolute Gasteiger partial charge is 0.379 e. The Hall–Kier alpha value is -1.36. The van der Waals surface area contributed by atoms with Gasteiger partial charge in [-0.15, -0.1) is 5.11 Å². The molecule has 0 N–H and O–H groups in total. The Morgan fingerprint density at radius 3 is 2.56 bits per heavy atom. The van der Waals surface area contributed by atoms with Gasteiger partial charge in [0.2, 0.25) is 0 Å². The molecule has 1 aromatic heterocycles. The van der Waals surface area contributed by atoms with E-state index in [0.717, 1.165) is 12.1 Å². The number of aryl methyl sites for hydroxylation is 2. The molecule has 0 fully saturated rings. The molecule has 1 atom stereocenters. The summed E-state index contributed by atoms with van der Waals surface area (Å²) in [5.41, 5.74) is 0.719. The Morgan fingerprint density at radius 2 is 2.00 bits per heavy atom. The van der Waals surface area contributed by atoms with Crippen molar-refractivity contribution < 1.29 is 4.74 Å². The summed E-state index contributed by atoms with van der Waals surface area (Å²) >= 11 is 0. The molecule has 5 heteroatoms. The first-order valence-corrected chi connectivity index (χ1v) is 6.11. The summed E-state index contributed by atoms with van der Waals surface area (Å²) in [5, 5.41) is 8.43. The highest BCUT2D eigenvalue weighted by Crippen LogP contribution is 2.19. The SMILES string of the molecule is COC(C)(C)CC(C)N=Nc1cc(C)nc(C)n1. The van der Waals surface area contributed by atoms with Crippen LogP contribution in [-0.2, 0) is 4.74 Å². The summed E-state index contributed by atoms with van der Waals surface area (Å²) in [6.45, 7) is 9.87. The van der Waals surface area contributed by atoms with E-state index >= 15 is 0 Å². The molecule has 1 heterocycles. The highest BCUT2D eigenvalue weighted by atomic mass is 16.5. The Kier molecular flexibility index (Phi) is 4.90. The molecule has 0 amide bonds. The number of rotatable bonds is 5. The Bertz CT molecular complexity index is 409. The molecular formula is C13H22N4O. The van der Waals surface area contributed by atoms with Crippen molar-refractivity contribution in [2.24, 2.45) is 10.2 Å². The Balaban J connectivity index is 2.68. The van der Waals surface area contributed by atoms with E-state index in [1.807, 2.05) is 40.7 Å². The smallest absolute Gasteiger partial charge is 0.177 e. The summed E-state index contributed by atoms with van der Waals surface area (Å²) in [7, 11) is 1.71. The van der Waals surface area contributed by atoms with Crippen LogP contribution < -0.4 is 0 Å². The van der Waals surface area contributed by atoms with Gasteiger partial charge in [-0.3, -0.25) is 0 Å². The zero-order chi connectivity index (χ0) is 13.8. The van der Waals surface area contributed by atoms with Crippen molar-refractivity contribution in [3.63, 3.8) is 0 Å². The van der Waals surface area contributed by atoms with Gasteiger partial charge in [0.1, 0.15) is 5.82 Å². The van der Waals surface area contributed by atoms with E-state index in [1.54, 1.807) is 7.11 Å². The average Bonchev–Trinajstić information content (AvgIpc) is 2.24. The number of azo groups is 1. The first-order valence-electron chi connectivity index (χ1n) is 6.11. The third-order valence-corrected chi connectivity index (χ3v) is 2.65. The number of nitrogens with zero attached hydrogens (tertiary/aromatic N) is 4. The minimum atomic E-state index is -0.185. The lowest BCUT2D eigenvalue weighted by molar-refractivity contribution is 0.0112. The van der Waals surface area contributed by atoms with Crippen LogP contribution in [0.2, 0.25) is 0 Å². The van der Waals surface area contributed by atoms with Crippen LogP contribution in [0.5, 0.6) is 0 Å². The molecule has 0 aromatic carbocycles. The van der Waals surface area contributed by atoms with Crippen LogP contribution in [0.3, 0.4) is 0 Å². The Labute approximate surface area is 109 Å². The van der Waals surface area contributed by atoms with E-state index in [9.17, 15) is 0 Å². The lowest BCUT2D eigenvalue weighted by Crippen LogP contribution is -2.26. The molecule has 100 valence electrons. The van der Waals surface area contributed by atoms with Crippen molar-refractivity contribution in [2.45, 2.75) is 52.7 Å². The predicted octanol–water partition coefficient (Wildman–Crippen LogP) is 3.38. The first-order chi connectivity index (χ1) is 8.32. The highest BCUT2D eigenvalue weighted by Gasteiger charge is 2.19. The van der Waals surface area contributed by atoms with Crippen LogP contribution in [0, 0.1) is 13.8 Å². The third-order valence-electron chi connectivity index (χ3n) is 2.65. The van der Waals surface area contributed by atoms with E-state index < -0.39 is 0 Å². The Morgan fingerprint density at radius 1 is 1.33 bits per heavy atom. The second-order valence-corrected chi connectivity index (χ2v) is 5.15. The predicted molar refractivity (Wildman–Crippen MR) is 71.2 cm³/mol. The first kappa shape index (κ1) is 14.7. The fraction of sp³-hybridized carbons (Fsp3) is 0.692. The number of hydrogen-bond acceptors (Lipinski definition) is 5. The summed E-state index contributed by atoms with van der Waals surface area (Å²) in [6.07, 6.45) is 0.816. The van der Waals surface area contributed by atoms with Crippen molar-refractivity contribution in [3.8, 4) is 0 Å². The van der Waals surface area contributed by atoms with E-state index in [2.05, 4.69) is 20.2 Å². The molecule has 0 aliphatic heterocycles. The van der Waals surface area contributed by atoms with Gasteiger partial charge in [-0.25, -0.2) is 9.97 Å². The maximum atomic E-state index is 5.37. The van der Waals surface area contributed by atoms with Crippen LogP contribution in [0.15, 0.2) is 16.3 Å². The molecule has 0 saturated carbocycles. The fourth-order valence-electron chi connectivity index (χ4n) is 1.74. The second kappa shape index (κ2) is 6.00. The second-order valence-electron chi connectivity index (χ2n) is 5.15. The van der Waals surface area contributed by atoms with Gasteiger partial charge in [0.15, 0.2) is 5.82 Å². The van der Waals surface area contributed by atoms with Crippen molar-refractivity contribution in [3.05, 3.63) is 17.6 Å². The van der Waals surface area contributed by atoms with Crippen LogP contribution >= 0.6 is 0 Å². The lowest BCUT2D eigenvalue weighted by Gasteiger charge is -2.24. The summed E-state index contributed by atoms with van der Waals surface area (Å²) in [4.78, 5) is 8.42. The number of aromatic nitrogens is 2. The monoisotopic (exact) mass is 250 g/mol. The van der Waals surface area contributed by atoms with E-state index in [-0.39, 0.29) is 11.6 Å². The summed E-state index contributed by atoms with van der Waals surface area (Å²) in [5.74, 6) is 1.33. The van der Waals surface area contributed by atoms with Gasteiger partial charge >= 0.3 is 0 Å². The summed E-state index contributed by atoms with van der Waals surface area (Å²) in [6, 6.07) is 1.92. The molecule has 0 spiro atoms. The molecule has 0 saturated heterocycles. The van der Waals surface area contributed by atoms with Crippen molar-refractivity contribution in [1.82, 2.24) is 9.97 Å². The highest BCUT2D eigenvalue weighted by molar-refractivity contribution is 5.27. The maximum Gasteiger partial charge on any atom is 0.177 e. The zero-order valence-electron chi connectivity index (χ0n) is 12.1. The van der Waals surface area contributed by atoms with Crippen molar-refractivity contribution >= 4 is 5.82 Å². The normalized spacial score (nSPS) is 14.1. The van der Waals surface area contributed by atoms with Crippen molar-refractivity contribution in [2.75, 3.05) is 7.11 Å². The molecule has 5 nitrogen and oxygen atoms in total. The molecule has 0 bridgehead atoms. The van der Waals surface area contributed by atoms with Crippen LogP contribution in [-0.4, -0.2) is 28.7 Å². The molecule has 1 unspecified atom stereocenters. The number of ether oxygens (including phenoxy) is 1. The number of hydrogen-bond donors (Lipinski definition) is 0. The minimum absolute atomic E-state index is 0.0931. The average molecular weight is 250 g/mol. The van der Waals surface area contributed by atoms with Gasteiger partial charge in [0.05, 0.1) is 11.6 Å². The summed E-state index contributed by atoms with van der Waals surface area (Å²) < 4.78 is 5.37. The van der Waals surface area contributed by atoms with E-state index in [0.29, 0.717) is 11.6 Å². The zero-order valence-corrected chi connectivity index (χ0v) is 12.1. The van der Waals surface area contributed by atoms with E-state index in [4.69, 9.17) is 4.74 Å². The van der Waals surface area contributed by atoms with Gasteiger partial charge in [-0.2, -0.15) is 5.11 Å². The van der Waals surface area contributed by atoms with E-state index in [1.165, 1.54) is 0 Å². The van der Waals surface area contributed by atoms with Crippen LogP contribution in [0.1, 0.15) is 38.7 Å². The van der Waals surface area contributed by atoms with Gasteiger partial charge in [-0.05, 0) is 41.0 Å². The third kappa shape index (κ3) is 4.87. The molecular weight excluding hydrogens is 228 g/mol. The fourth-order valence-corrected chi connectivity index (χ4v) is 1.74. The quantitative estimate of drug-likeness (QED) is 0.753. The van der Waals surface area contributed by atoms with Gasteiger partial charge in [-0.1, -0.05) is 0 Å². The topological polar surface area (TPSA) is 59.7 Å². The van der Waals surface area contributed by atoms with Crippen molar-refractivity contribution in [1.29, 1.82) is 0 Å². The standard InChI is InChI=1S/C13H22N4O/c1-9-7-12(15-11(3)14-9)17-16-10(2)8-13(4,5)18-6/h7,10H,8H2,1-6H3. The molecule has 1 aromatic rings. The molecule has 0 aliphatic rings. The van der Waals surface area contributed by atoms with Gasteiger partial charge in [0, 0.05) is 18.9 Å². The van der Waals surface area contributed by atoms with Crippen LogP contribution in [0.25, 0.3) is 0 Å². The maximum absolute atomic E-state index is 5.37. The molecule has 0 radical (unpaired) electrons. The lowest BCUT2D eigenvalue weighted by atomic mass is 10.0. The van der Waals surface area contributed by atoms with Crippen LogP contribution in [0.4, 0.5) is 5.82 Å². The van der Waals surface area contributed by atoms with Gasteiger partial charge < -0.3 is 4.74 Å².